The second-order valence-electron chi connectivity index (χ2n) is 5.92. The zero-order valence-electron chi connectivity index (χ0n) is 15.3. The van der Waals surface area contributed by atoms with Gasteiger partial charge in [-0.3, -0.25) is 14.9 Å². The molecule has 142 valence electrons. The number of carbonyl (C=O) groups is 2. The molecule has 0 radical (unpaired) electrons. The van der Waals surface area contributed by atoms with Gasteiger partial charge in [0.1, 0.15) is 5.01 Å². The van der Waals surface area contributed by atoms with Crippen molar-refractivity contribution >= 4 is 40.2 Å². The first kappa shape index (κ1) is 19.2. The first-order valence-corrected chi connectivity index (χ1v) is 9.15. The Morgan fingerprint density at radius 1 is 1.00 bits per heavy atom. The van der Waals surface area contributed by atoms with Crippen molar-refractivity contribution in [2.45, 2.75) is 0 Å². The highest BCUT2D eigenvalue weighted by atomic mass is 32.1. The van der Waals surface area contributed by atoms with E-state index in [-0.39, 0.29) is 5.13 Å². The van der Waals surface area contributed by atoms with Crippen molar-refractivity contribution in [1.29, 1.82) is 0 Å². The number of carbonyl (C=O) groups excluding carboxylic acids is 2. The summed E-state index contributed by atoms with van der Waals surface area (Å²) >= 11 is 1.18. The van der Waals surface area contributed by atoms with E-state index >= 15 is 0 Å². The van der Waals surface area contributed by atoms with Crippen molar-refractivity contribution in [2.24, 2.45) is 5.10 Å². The Morgan fingerprint density at radius 3 is 2.39 bits per heavy atom. The normalized spacial score (nSPS) is 10.6. The minimum absolute atomic E-state index is 0.238. The Morgan fingerprint density at radius 2 is 1.71 bits per heavy atom. The number of amides is 2. The predicted octanol–water partition coefficient (Wildman–Crippen LogP) is 2.36. The first-order chi connectivity index (χ1) is 13.5. The van der Waals surface area contributed by atoms with E-state index in [1.54, 1.807) is 0 Å². The molecule has 3 rings (SSSR count). The summed E-state index contributed by atoms with van der Waals surface area (Å²) in [7, 11) is 3.89. The van der Waals surface area contributed by atoms with E-state index in [0.29, 0.717) is 5.01 Å². The molecule has 0 aliphatic carbocycles. The van der Waals surface area contributed by atoms with Crippen LogP contribution in [0.2, 0.25) is 0 Å². The highest BCUT2D eigenvalue weighted by molar-refractivity contribution is 7.18. The van der Waals surface area contributed by atoms with Crippen molar-refractivity contribution in [3.63, 3.8) is 0 Å². The van der Waals surface area contributed by atoms with E-state index in [4.69, 9.17) is 0 Å². The lowest BCUT2D eigenvalue weighted by Crippen LogP contribution is -2.32. The summed E-state index contributed by atoms with van der Waals surface area (Å²) in [6, 6.07) is 17.0. The summed E-state index contributed by atoms with van der Waals surface area (Å²) in [5.41, 5.74) is 4.92. The predicted molar refractivity (Wildman–Crippen MR) is 110 cm³/mol. The quantitative estimate of drug-likeness (QED) is 0.393. The number of aromatic nitrogens is 2. The molecule has 28 heavy (non-hydrogen) atoms. The summed E-state index contributed by atoms with van der Waals surface area (Å²) < 4.78 is 0. The average molecular weight is 394 g/mol. The molecule has 1 heterocycles. The van der Waals surface area contributed by atoms with Gasteiger partial charge in [-0.2, -0.15) is 5.10 Å². The number of benzene rings is 2. The van der Waals surface area contributed by atoms with Crippen LogP contribution >= 0.6 is 11.3 Å². The smallest absolute Gasteiger partial charge is 0.329 e. The number of rotatable bonds is 5. The van der Waals surface area contributed by atoms with Gasteiger partial charge in [0, 0.05) is 25.3 Å². The van der Waals surface area contributed by atoms with Crippen molar-refractivity contribution in [2.75, 3.05) is 24.3 Å². The summed E-state index contributed by atoms with van der Waals surface area (Å²) in [5, 5.41) is 15.0. The summed E-state index contributed by atoms with van der Waals surface area (Å²) in [6.07, 6.45) is 1.46. The maximum absolute atomic E-state index is 12.0. The van der Waals surface area contributed by atoms with Crippen LogP contribution in [0.5, 0.6) is 0 Å². The topological polar surface area (TPSA) is 99.6 Å². The lowest BCUT2D eigenvalue weighted by atomic mass is 10.2. The monoisotopic (exact) mass is 394 g/mol. The fourth-order valence-corrected chi connectivity index (χ4v) is 2.94. The number of nitrogens with zero attached hydrogens (tertiary/aromatic N) is 4. The van der Waals surface area contributed by atoms with Crippen LogP contribution in [-0.4, -0.2) is 42.3 Å². The molecule has 0 bridgehead atoms. The fraction of sp³-hybridized carbons (Fsp3) is 0.105. The van der Waals surface area contributed by atoms with E-state index in [0.717, 1.165) is 16.8 Å². The van der Waals surface area contributed by atoms with Crippen molar-refractivity contribution in [1.82, 2.24) is 15.6 Å². The SMILES string of the molecule is CN(C)c1ccc(/C=N/NC(=O)C(=O)Nc2nnc(-c3ccccc3)s2)cc1. The second-order valence-corrected chi connectivity index (χ2v) is 6.90. The van der Waals surface area contributed by atoms with Gasteiger partial charge in [0.15, 0.2) is 0 Å². The lowest BCUT2D eigenvalue weighted by molar-refractivity contribution is -0.136. The van der Waals surface area contributed by atoms with Gasteiger partial charge in [-0.1, -0.05) is 53.8 Å². The molecular weight excluding hydrogens is 376 g/mol. The van der Waals surface area contributed by atoms with E-state index in [1.165, 1.54) is 17.6 Å². The molecule has 0 saturated heterocycles. The zero-order chi connectivity index (χ0) is 19.9. The molecule has 0 spiro atoms. The Hall–Kier alpha value is -3.59. The summed E-state index contributed by atoms with van der Waals surface area (Å²) in [5.74, 6) is -1.76. The Balaban J connectivity index is 1.53. The highest BCUT2D eigenvalue weighted by Crippen LogP contribution is 2.25. The van der Waals surface area contributed by atoms with E-state index in [1.807, 2.05) is 73.6 Å². The number of hydrogen-bond donors (Lipinski definition) is 2. The van der Waals surface area contributed by atoms with Gasteiger partial charge >= 0.3 is 11.8 Å². The van der Waals surface area contributed by atoms with Crippen LogP contribution in [-0.2, 0) is 9.59 Å². The highest BCUT2D eigenvalue weighted by Gasteiger charge is 2.16. The third-order valence-electron chi connectivity index (χ3n) is 3.66. The molecule has 3 aromatic rings. The fourth-order valence-electron chi connectivity index (χ4n) is 2.20. The Kier molecular flexibility index (Phi) is 6.07. The van der Waals surface area contributed by atoms with E-state index in [9.17, 15) is 9.59 Å². The molecule has 8 nitrogen and oxygen atoms in total. The van der Waals surface area contributed by atoms with Gasteiger partial charge in [-0.25, -0.2) is 5.43 Å². The summed E-state index contributed by atoms with van der Waals surface area (Å²) in [6.45, 7) is 0. The molecule has 2 aromatic carbocycles. The molecule has 0 atom stereocenters. The van der Waals surface area contributed by atoms with E-state index < -0.39 is 11.8 Å². The third kappa shape index (κ3) is 4.98. The first-order valence-electron chi connectivity index (χ1n) is 8.33. The maximum atomic E-state index is 12.0. The minimum Gasteiger partial charge on any atom is -0.378 e. The molecule has 0 saturated carbocycles. The maximum Gasteiger partial charge on any atom is 0.329 e. The minimum atomic E-state index is -0.891. The van der Waals surface area contributed by atoms with Crippen molar-refractivity contribution in [3.05, 3.63) is 60.2 Å². The molecule has 1 aromatic heterocycles. The second kappa shape index (κ2) is 8.87. The van der Waals surface area contributed by atoms with Gasteiger partial charge in [-0.15, -0.1) is 10.2 Å². The van der Waals surface area contributed by atoms with Crippen LogP contribution in [0.25, 0.3) is 10.6 Å². The van der Waals surface area contributed by atoms with Gasteiger partial charge in [0.25, 0.3) is 0 Å². The number of anilines is 2. The van der Waals surface area contributed by atoms with Crippen molar-refractivity contribution < 1.29 is 9.59 Å². The van der Waals surface area contributed by atoms with Gasteiger partial charge < -0.3 is 4.90 Å². The van der Waals surface area contributed by atoms with Crippen LogP contribution in [0.1, 0.15) is 5.56 Å². The Labute approximate surface area is 165 Å². The van der Waals surface area contributed by atoms with E-state index in [2.05, 4.69) is 26.0 Å². The molecule has 0 fully saturated rings. The number of hydrazone groups is 1. The van der Waals surface area contributed by atoms with Crippen LogP contribution < -0.4 is 15.6 Å². The summed E-state index contributed by atoms with van der Waals surface area (Å²) in [4.78, 5) is 25.8. The van der Waals surface area contributed by atoms with Crippen LogP contribution in [0.3, 0.4) is 0 Å². The van der Waals surface area contributed by atoms with Crippen LogP contribution in [0, 0.1) is 0 Å². The average Bonchev–Trinajstić information content (AvgIpc) is 3.17. The molecule has 2 N–H and O–H groups in total. The van der Waals surface area contributed by atoms with Crippen LogP contribution in [0.15, 0.2) is 59.7 Å². The molecule has 9 heteroatoms. The number of nitrogens with one attached hydrogen (secondary N) is 2. The third-order valence-corrected chi connectivity index (χ3v) is 4.55. The molecular formula is C19H18N6O2S. The van der Waals surface area contributed by atoms with Gasteiger partial charge in [-0.05, 0) is 17.7 Å². The largest absolute Gasteiger partial charge is 0.378 e. The Bertz CT molecular complexity index is 983. The van der Waals surface area contributed by atoms with Crippen LogP contribution in [0.4, 0.5) is 10.8 Å². The molecule has 0 unspecified atom stereocenters. The van der Waals surface area contributed by atoms with Gasteiger partial charge in [0.2, 0.25) is 5.13 Å². The number of hydrogen-bond acceptors (Lipinski definition) is 7. The molecule has 0 aliphatic rings. The lowest BCUT2D eigenvalue weighted by Gasteiger charge is -2.11. The van der Waals surface area contributed by atoms with Crippen molar-refractivity contribution in [3.8, 4) is 10.6 Å². The molecule has 0 aliphatic heterocycles. The standard InChI is InChI=1S/C19H18N6O2S/c1-25(2)15-10-8-13(9-11-15)12-20-22-17(27)16(26)21-19-24-23-18(28-19)14-6-4-3-5-7-14/h3-12H,1-2H3,(H,22,27)(H,21,24,26)/b20-12+. The van der Waals surface area contributed by atoms with Gasteiger partial charge in [0.05, 0.1) is 6.21 Å². The zero-order valence-corrected chi connectivity index (χ0v) is 16.1. The molecule has 2 amide bonds.